The van der Waals surface area contributed by atoms with Crippen molar-refractivity contribution >= 4 is 10.1 Å². The molecule has 0 aromatic heterocycles. The number of benzene rings is 2. The Bertz CT molecular complexity index is 766. The number of hydroxylamine groups is 1. The number of nitrogens with zero attached hydrogens (tertiary/aromatic N) is 2. The van der Waals surface area contributed by atoms with Crippen molar-refractivity contribution in [2.75, 3.05) is 0 Å². The molecule has 7 heteroatoms. The van der Waals surface area contributed by atoms with Crippen molar-refractivity contribution in [3.05, 3.63) is 70.4 Å². The van der Waals surface area contributed by atoms with E-state index in [9.17, 15) is 13.6 Å². The van der Waals surface area contributed by atoms with Gasteiger partial charge in [-0.15, -0.1) is 0 Å². The molecule has 22 heavy (non-hydrogen) atoms. The molecule has 2 aromatic carbocycles. The van der Waals surface area contributed by atoms with E-state index in [1.165, 1.54) is 12.1 Å². The summed E-state index contributed by atoms with van der Waals surface area (Å²) in [7, 11) is -4.08. The summed E-state index contributed by atoms with van der Waals surface area (Å²) in [6.45, 7) is 3.67. The zero-order valence-electron chi connectivity index (χ0n) is 12.3. The summed E-state index contributed by atoms with van der Waals surface area (Å²) in [5.41, 5.74) is 2.69. The Morgan fingerprint density at radius 2 is 1.50 bits per heavy atom. The predicted molar refractivity (Wildman–Crippen MR) is 80.4 cm³/mol. The van der Waals surface area contributed by atoms with Crippen LogP contribution < -0.4 is 0 Å². The Hall–Kier alpha value is -2.41. The number of rotatable bonds is 5. The maximum absolute atomic E-state index is 11.9. The molecule has 0 bridgehead atoms. The highest BCUT2D eigenvalue weighted by molar-refractivity contribution is 7.86. The highest BCUT2D eigenvalue weighted by Gasteiger charge is 2.17. The van der Waals surface area contributed by atoms with Crippen molar-refractivity contribution in [3.8, 4) is 0 Å². The highest BCUT2D eigenvalue weighted by atomic mass is 32.2. The second kappa shape index (κ2) is 6.57. The van der Waals surface area contributed by atoms with Gasteiger partial charge in [-0.25, -0.2) is 4.28 Å². The van der Waals surface area contributed by atoms with Gasteiger partial charge in [0.2, 0.25) is 11.8 Å². The van der Waals surface area contributed by atoms with Crippen LogP contribution in [0.2, 0.25) is 0 Å². The molecule has 0 amide bonds. The Labute approximate surface area is 129 Å². The smallest absolute Gasteiger partial charge is 0.363 e. The Balaban J connectivity index is 2.06. The maximum atomic E-state index is 11.9. The van der Waals surface area contributed by atoms with Crippen LogP contribution in [-0.2, 0) is 20.9 Å². The average molecular weight is 320 g/mol. The largest absolute Gasteiger partial charge is 0.597 e. The molecule has 0 N–H and O–H groups in total. The quantitative estimate of drug-likeness (QED) is 0.481. The van der Waals surface area contributed by atoms with Gasteiger partial charge in [0.1, 0.15) is 4.90 Å². The number of aryl methyl sites for hydroxylation is 2. The maximum Gasteiger partial charge on any atom is 0.363 e. The van der Waals surface area contributed by atoms with Crippen LogP contribution in [0.15, 0.2) is 58.7 Å². The van der Waals surface area contributed by atoms with Crippen LogP contribution in [0.3, 0.4) is 0 Å². The fourth-order valence-electron chi connectivity index (χ4n) is 1.71. The summed E-state index contributed by atoms with van der Waals surface area (Å²) in [6.07, 6.45) is 0. The van der Waals surface area contributed by atoms with Crippen LogP contribution in [0.25, 0.3) is 0 Å². The normalized spacial score (nSPS) is 12.2. The fraction of sp³-hybridized carbons (Fsp3) is 0.200. The Morgan fingerprint density at radius 1 is 1.00 bits per heavy atom. The lowest BCUT2D eigenvalue weighted by Crippen LogP contribution is -2.07. The monoisotopic (exact) mass is 320 g/mol. The minimum Gasteiger partial charge on any atom is -0.597 e. The van der Waals surface area contributed by atoms with Crippen molar-refractivity contribution in [3.63, 3.8) is 0 Å². The first-order chi connectivity index (χ1) is 10.4. The molecule has 0 spiro atoms. The van der Waals surface area contributed by atoms with E-state index in [2.05, 4.69) is 9.56 Å². The zero-order chi connectivity index (χ0) is 16.2. The van der Waals surface area contributed by atoms with Crippen molar-refractivity contribution in [1.29, 1.82) is 0 Å². The van der Waals surface area contributed by atoms with Gasteiger partial charge in [0.05, 0.1) is 0 Å². The molecule has 2 rings (SSSR count). The molecule has 0 fully saturated rings. The first-order valence-electron chi connectivity index (χ1n) is 6.58. The van der Waals surface area contributed by atoms with E-state index in [0.29, 0.717) is 5.56 Å². The second-order valence-corrected chi connectivity index (χ2v) is 6.45. The molecular formula is C15H16N2O4S. The average Bonchev–Trinajstić information content (AvgIpc) is 2.48. The van der Waals surface area contributed by atoms with Crippen LogP contribution in [0.5, 0.6) is 0 Å². The third-order valence-electron chi connectivity index (χ3n) is 2.97. The van der Waals surface area contributed by atoms with Gasteiger partial charge in [0.25, 0.3) is 0 Å². The summed E-state index contributed by atoms with van der Waals surface area (Å²) < 4.78 is 28.2. The van der Waals surface area contributed by atoms with Crippen molar-refractivity contribution in [2.45, 2.75) is 25.3 Å². The van der Waals surface area contributed by atoms with Gasteiger partial charge in [0.15, 0.2) is 0 Å². The van der Waals surface area contributed by atoms with E-state index >= 15 is 0 Å². The molecule has 0 atom stereocenters. The molecule has 0 aliphatic heterocycles. The minimum atomic E-state index is -4.08. The first kappa shape index (κ1) is 16.0. The van der Waals surface area contributed by atoms with E-state index < -0.39 is 10.1 Å². The molecular weight excluding hydrogens is 304 g/mol. The Morgan fingerprint density at radius 3 is 2.05 bits per heavy atom. The number of hydrogen-bond acceptors (Lipinski definition) is 5. The fourth-order valence-corrected chi connectivity index (χ4v) is 2.43. The standard InChI is InChI=1S/C15H16N2O4S/c1-12-3-7-14(8-4-12)11-17(18)16-21-22(19,20)15-9-5-13(2)6-10-15/h3-10H,11H2,1-2H3/b17-16-. The van der Waals surface area contributed by atoms with Crippen molar-refractivity contribution < 1.29 is 17.6 Å². The molecule has 116 valence electrons. The molecule has 0 saturated heterocycles. The lowest BCUT2D eigenvalue weighted by Gasteiger charge is -2.03. The summed E-state index contributed by atoms with van der Waals surface area (Å²) in [4.78, 5) is 0.140. The van der Waals surface area contributed by atoms with Crippen LogP contribution in [0.1, 0.15) is 16.7 Å². The lowest BCUT2D eigenvalue weighted by atomic mass is 10.1. The van der Waals surface area contributed by atoms with Gasteiger partial charge in [-0.2, -0.15) is 8.42 Å². The minimum absolute atomic E-state index is 0.0504. The van der Waals surface area contributed by atoms with Crippen LogP contribution in [0, 0.1) is 19.1 Å². The van der Waals surface area contributed by atoms with Gasteiger partial charge in [-0.1, -0.05) is 52.4 Å². The molecule has 0 aliphatic rings. The van der Waals surface area contributed by atoms with Gasteiger partial charge < -0.3 is 5.21 Å². The molecule has 0 saturated carbocycles. The van der Waals surface area contributed by atoms with Gasteiger partial charge in [0, 0.05) is 5.56 Å². The lowest BCUT2D eigenvalue weighted by molar-refractivity contribution is -0.567. The third kappa shape index (κ3) is 4.29. The van der Waals surface area contributed by atoms with Crippen LogP contribution >= 0.6 is 0 Å². The van der Waals surface area contributed by atoms with E-state index in [1.54, 1.807) is 24.3 Å². The summed E-state index contributed by atoms with van der Waals surface area (Å²) in [5, 5.41) is 14.7. The van der Waals surface area contributed by atoms with E-state index in [1.807, 2.05) is 26.0 Å². The zero-order valence-corrected chi connectivity index (χ0v) is 13.1. The van der Waals surface area contributed by atoms with Crippen LogP contribution in [0.4, 0.5) is 0 Å². The third-order valence-corrected chi connectivity index (χ3v) is 4.08. The van der Waals surface area contributed by atoms with Crippen LogP contribution in [-0.4, -0.2) is 13.3 Å². The molecule has 0 heterocycles. The van der Waals surface area contributed by atoms with Gasteiger partial charge in [-0.05, 0) is 26.0 Å². The predicted octanol–water partition coefficient (Wildman–Crippen LogP) is 3.09. The second-order valence-electron chi connectivity index (χ2n) is 4.92. The summed E-state index contributed by atoms with van der Waals surface area (Å²) >= 11 is 0. The van der Waals surface area contributed by atoms with Gasteiger partial charge >= 0.3 is 10.1 Å². The number of hydrogen-bond donors (Lipinski definition) is 0. The Kier molecular flexibility index (Phi) is 4.77. The van der Waals surface area contributed by atoms with Crippen molar-refractivity contribution in [1.82, 2.24) is 0 Å². The molecule has 0 radical (unpaired) electrons. The summed E-state index contributed by atoms with van der Waals surface area (Å²) in [5.74, 6) is 0. The van der Waals surface area contributed by atoms with E-state index in [-0.39, 0.29) is 16.3 Å². The van der Waals surface area contributed by atoms with Gasteiger partial charge in [-0.3, -0.25) is 0 Å². The molecule has 2 aromatic rings. The SMILES string of the molecule is Cc1ccc(C/[N+]([O-])=N/OS(=O)(=O)c2ccc(C)cc2)cc1. The van der Waals surface area contributed by atoms with E-state index in [4.69, 9.17) is 0 Å². The highest BCUT2D eigenvalue weighted by Crippen LogP contribution is 2.13. The van der Waals surface area contributed by atoms with E-state index in [0.717, 1.165) is 11.1 Å². The molecule has 0 aliphatic carbocycles. The molecule has 0 unspecified atom stereocenters. The van der Waals surface area contributed by atoms with Crippen molar-refractivity contribution in [2.24, 2.45) is 5.28 Å². The molecule has 6 nitrogen and oxygen atoms in total. The topological polar surface area (TPSA) is 81.8 Å². The first-order valence-corrected chi connectivity index (χ1v) is 7.99. The summed E-state index contributed by atoms with van der Waals surface area (Å²) in [6, 6.07) is 13.3.